The predicted octanol–water partition coefficient (Wildman–Crippen LogP) is 2.12. The van der Waals surface area contributed by atoms with E-state index in [2.05, 4.69) is 15.5 Å². The molecule has 5 nitrogen and oxygen atoms in total. The predicted molar refractivity (Wildman–Crippen MR) is 60.2 cm³/mol. The number of nitrogens with two attached hydrogens (primary N) is 1. The van der Waals surface area contributed by atoms with Crippen molar-refractivity contribution in [3.63, 3.8) is 0 Å². The van der Waals surface area contributed by atoms with Gasteiger partial charge in [-0.3, -0.25) is 0 Å². The van der Waals surface area contributed by atoms with E-state index in [0.29, 0.717) is 6.01 Å². The number of benzene rings is 1. The van der Waals surface area contributed by atoms with E-state index < -0.39 is 0 Å². The Morgan fingerprint density at radius 1 is 1.33 bits per heavy atom. The molecule has 2 rings (SSSR count). The normalized spacial score (nSPS) is 10.2. The number of hydrogen-bond donors (Lipinski definition) is 2. The van der Waals surface area contributed by atoms with Gasteiger partial charge in [0.2, 0.25) is 0 Å². The summed E-state index contributed by atoms with van der Waals surface area (Å²) in [6.45, 7) is 0. The van der Waals surface area contributed by atoms with Crippen molar-refractivity contribution < 1.29 is 4.42 Å². The highest BCUT2D eigenvalue weighted by atomic mass is 32.2. The Bertz CT molecular complexity index is 457. The van der Waals surface area contributed by atoms with Gasteiger partial charge in [0, 0.05) is 4.90 Å². The van der Waals surface area contributed by atoms with Crippen LogP contribution in [0.25, 0.3) is 0 Å². The average Bonchev–Trinajstić information content (AvgIpc) is 2.65. The SMILES string of the molecule is CSc1ccccc1Nc1nnc(N)o1. The zero-order valence-electron chi connectivity index (χ0n) is 8.10. The van der Waals surface area contributed by atoms with Gasteiger partial charge in [0.25, 0.3) is 0 Å². The summed E-state index contributed by atoms with van der Waals surface area (Å²) in [4.78, 5) is 1.11. The van der Waals surface area contributed by atoms with Gasteiger partial charge in [-0.15, -0.1) is 11.8 Å². The molecule has 3 N–H and O–H groups in total. The Hall–Kier alpha value is -1.69. The van der Waals surface area contributed by atoms with Gasteiger partial charge in [0.15, 0.2) is 0 Å². The van der Waals surface area contributed by atoms with Crippen LogP contribution in [0.4, 0.5) is 17.7 Å². The fourth-order valence-corrected chi connectivity index (χ4v) is 1.70. The molecule has 0 unspecified atom stereocenters. The number of nitrogens with one attached hydrogen (secondary N) is 1. The smallest absolute Gasteiger partial charge is 0.321 e. The van der Waals surface area contributed by atoms with Crippen LogP contribution < -0.4 is 11.1 Å². The lowest BCUT2D eigenvalue weighted by molar-refractivity contribution is 0.593. The van der Waals surface area contributed by atoms with E-state index in [0.717, 1.165) is 10.6 Å². The van der Waals surface area contributed by atoms with Crippen LogP contribution in [-0.4, -0.2) is 16.5 Å². The fraction of sp³-hybridized carbons (Fsp3) is 0.111. The van der Waals surface area contributed by atoms with Gasteiger partial charge in [-0.05, 0) is 18.4 Å². The molecule has 0 fully saturated rings. The number of thioether (sulfide) groups is 1. The Labute approximate surface area is 91.1 Å². The lowest BCUT2D eigenvalue weighted by Gasteiger charge is -2.05. The van der Waals surface area contributed by atoms with Gasteiger partial charge in [-0.1, -0.05) is 22.3 Å². The molecule has 15 heavy (non-hydrogen) atoms. The van der Waals surface area contributed by atoms with Crippen LogP contribution in [0.2, 0.25) is 0 Å². The molecule has 0 aliphatic heterocycles. The summed E-state index contributed by atoms with van der Waals surface area (Å²) in [6, 6.07) is 8.20. The Kier molecular flexibility index (Phi) is 2.77. The van der Waals surface area contributed by atoms with Crippen LogP contribution >= 0.6 is 11.8 Å². The topological polar surface area (TPSA) is 77.0 Å². The molecule has 0 saturated carbocycles. The van der Waals surface area contributed by atoms with Gasteiger partial charge >= 0.3 is 12.0 Å². The van der Waals surface area contributed by atoms with Crippen molar-refractivity contribution in [2.24, 2.45) is 0 Å². The first kappa shape index (κ1) is 9.85. The van der Waals surface area contributed by atoms with Crippen LogP contribution in [0.5, 0.6) is 0 Å². The zero-order chi connectivity index (χ0) is 10.7. The highest BCUT2D eigenvalue weighted by molar-refractivity contribution is 7.98. The third-order valence-electron chi connectivity index (χ3n) is 1.79. The van der Waals surface area contributed by atoms with E-state index >= 15 is 0 Å². The van der Waals surface area contributed by atoms with Crippen molar-refractivity contribution in [1.82, 2.24) is 10.2 Å². The quantitative estimate of drug-likeness (QED) is 0.774. The molecule has 1 heterocycles. The van der Waals surface area contributed by atoms with Crippen molar-refractivity contribution in [2.45, 2.75) is 4.90 Å². The number of nitrogens with zero attached hydrogens (tertiary/aromatic N) is 2. The molecule has 0 bridgehead atoms. The largest absolute Gasteiger partial charge is 0.389 e. The summed E-state index contributed by atoms with van der Waals surface area (Å²) in [5, 5.41) is 10.3. The van der Waals surface area contributed by atoms with Gasteiger partial charge in [-0.2, -0.15) is 0 Å². The van der Waals surface area contributed by atoms with Crippen LogP contribution in [0.1, 0.15) is 0 Å². The van der Waals surface area contributed by atoms with E-state index in [-0.39, 0.29) is 6.01 Å². The molecule has 0 aliphatic carbocycles. The molecule has 1 aromatic heterocycles. The monoisotopic (exact) mass is 222 g/mol. The van der Waals surface area contributed by atoms with Gasteiger partial charge in [0.1, 0.15) is 0 Å². The summed E-state index contributed by atoms with van der Waals surface area (Å²) in [6.07, 6.45) is 2.00. The van der Waals surface area contributed by atoms with Gasteiger partial charge in [0.05, 0.1) is 5.69 Å². The van der Waals surface area contributed by atoms with E-state index in [9.17, 15) is 0 Å². The fourth-order valence-electron chi connectivity index (χ4n) is 1.15. The molecule has 2 aromatic rings. The first-order valence-corrected chi connectivity index (χ1v) is 5.51. The molecule has 1 aromatic carbocycles. The summed E-state index contributed by atoms with van der Waals surface area (Å²) in [5.41, 5.74) is 6.24. The zero-order valence-corrected chi connectivity index (χ0v) is 8.91. The first-order valence-electron chi connectivity index (χ1n) is 4.28. The van der Waals surface area contributed by atoms with E-state index in [4.69, 9.17) is 10.2 Å². The van der Waals surface area contributed by atoms with Crippen molar-refractivity contribution in [3.8, 4) is 0 Å². The van der Waals surface area contributed by atoms with E-state index in [1.807, 2.05) is 30.5 Å². The Morgan fingerprint density at radius 3 is 2.80 bits per heavy atom. The number of anilines is 3. The highest BCUT2D eigenvalue weighted by Crippen LogP contribution is 2.27. The molecule has 78 valence electrons. The standard InChI is InChI=1S/C9H10N4OS/c1-15-7-5-3-2-4-6(7)11-9-13-12-8(10)14-9/h2-5H,1H3,(H2,10,12)(H,11,13). The minimum Gasteiger partial charge on any atom is -0.389 e. The maximum absolute atomic E-state index is 5.32. The van der Waals surface area contributed by atoms with E-state index in [1.165, 1.54) is 0 Å². The number of hydrogen-bond acceptors (Lipinski definition) is 6. The second kappa shape index (κ2) is 4.22. The molecule has 0 aliphatic rings. The minimum absolute atomic E-state index is 0.0548. The van der Waals surface area contributed by atoms with Crippen molar-refractivity contribution in [1.29, 1.82) is 0 Å². The number of para-hydroxylation sites is 1. The first-order chi connectivity index (χ1) is 7.29. The molecule has 0 radical (unpaired) electrons. The Balaban J connectivity index is 2.23. The number of rotatable bonds is 3. The van der Waals surface area contributed by atoms with Crippen molar-refractivity contribution in [2.75, 3.05) is 17.3 Å². The molecular formula is C9H10N4OS. The summed E-state index contributed by atoms with van der Waals surface area (Å²) >= 11 is 1.64. The lowest BCUT2D eigenvalue weighted by atomic mass is 10.3. The molecule has 0 saturated heterocycles. The third kappa shape index (κ3) is 2.21. The van der Waals surface area contributed by atoms with Crippen LogP contribution in [-0.2, 0) is 0 Å². The number of aromatic nitrogens is 2. The van der Waals surface area contributed by atoms with Crippen molar-refractivity contribution >= 4 is 29.5 Å². The second-order valence-corrected chi connectivity index (χ2v) is 3.62. The molecule has 0 atom stereocenters. The highest BCUT2D eigenvalue weighted by Gasteiger charge is 2.05. The maximum atomic E-state index is 5.32. The third-order valence-corrected chi connectivity index (χ3v) is 2.59. The molecule has 0 amide bonds. The van der Waals surface area contributed by atoms with Crippen LogP contribution in [0, 0.1) is 0 Å². The van der Waals surface area contributed by atoms with Gasteiger partial charge in [-0.25, -0.2) is 0 Å². The van der Waals surface area contributed by atoms with Crippen LogP contribution in [0.3, 0.4) is 0 Å². The maximum Gasteiger partial charge on any atom is 0.321 e. The second-order valence-electron chi connectivity index (χ2n) is 2.77. The van der Waals surface area contributed by atoms with Crippen LogP contribution in [0.15, 0.2) is 33.6 Å². The molecule has 6 heteroatoms. The Morgan fingerprint density at radius 2 is 2.13 bits per heavy atom. The summed E-state index contributed by atoms with van der Waals surface area (Å²) in [5.74, 6) is 0. The van der Waals surface area contributed by atoms with Crippen molar-refractivity contribution in [3.05, 3.63) is 24.3 Å². The van der Waals surface area contributed by atoms with Gasteiger partial charge < -0.3 is 15.5 Å². The lowest BCUT2D eigenvalue weighted by Crippen LogP contribution is -1.92. The number of nitrogen functional groups attached to an aromatic ring is 1. The average molecular weight is 222 g/mol. The summed E-state index contributed by atoms with van der Waals surface area (Å²) in [7, 11) is 0. The molecular weight excluding hydrogens is 212 g/mol. The summed E-state index contributed by atoms with van der Waals surface area (Å²) < 4.78 is 5.02. The van der Waals surface area contributed by atoms with E-state index in [1.54, 1.807) is 11.8 Å². The molecule has 0 spiro atoms. The minimum atomic E-state index is 0.0548.